The normalized spacial score (nSPS) is 14.6. The van der Waals surface area contributed by atoms with E-state index in [1.807, 2.05) is 11.4 Å². The number of rotatable bonds is 2. The number of carbonyl (C=O) groups is 1. The molecule has 0 saturated carbocycles. The van der Waals surface area contributed by atoms with E-state index in [1.165, 1.54) is 23.3 Å². The van der Waals surface area contributed by atoms with Crippen molar-refractivity contribution in [2.75, 3.05) is 5.73 Å². The molecular formula is C17H16N2O2S2. The van der Waals surface area contributed by atoms with Crippen LogP contribution in [0.4, 0.5) is 5.69 Å². The number of fused-ring (bicyclic) bond motifs is 2. The second-order valence-electron chi connectivity index (χ2n) is 5.78. The summed E-state index contributed by atoms with van der Waals surface area (Å²) in [6, 6.07) is 4.11. The highest BCUT2D eigenvalue weighted by Gasteiger charge is 2.25. The minimum Gasteiger partial charge on any atom is -0.477 e. The Balaban J connectivity index is 2.12. The Bertz CT molecular complexity index is 897. The number of nitrogens with zero attached hydrogens (tertiary/aromatic N) is 1. The van der Waals surface area contributed by atoms with Crippen LogP contribution in [0.1, 0.15) is 40.2 Å². The number of aryl methyl sites for hydroxylation is 1. The third-order valence-electron chi connectivity index (χ3n) is 4.37. The predicted molar refractivity (Wildman–Crippen MR) is 95.6 cm³/mol. The second-order valence-corrected chi connectivity index (χ2v) is 7.73. The summed E-state index contributed by atoms with van der Waals surface area (Å²) in [5.74, 6) is -0.974. The quantitative estimate of drug-likeness (QED) is 0.667. The van der Waals surface area contributed by atoms with Crippen LogP contribution in [0.15, 0.2) is 17.5 Å². The van der Waals surface area contributed by atoms with Crippen molar-refractivity contribution in [2.24, 2.45) is 0 Å². The molecule has 3 N–H and O–H groups in total. The number of thiophene rings is 2. The van der Waals surface area contributed by atoms with E-state index in [0.717, 1.165) is 52.0 Å². The zero-order valence-electron chi connectivity index (χ0n) is 12.5. The summed E-state index contributed by atoms with van der Waals surface area (Å²) in [5, 5.41) is 12.3. The predicted octanol–water partition coefficient (Wildman–Crippen LogP) is 4.57. The lowest BCUT2D eigenvalue weighted by atomic mass is 9.97. The van der Waals surface area contributed by atoms with Gasteiger partial charge in [0.15, 0.2) is 0 Å². The van der Waals surface area contributed by atoms with Crippen molar-refractivity contribution in [3.63, 3.8) is 0 Å². The van der Waals surface area contributed by atoms with Crippen LogP contribution in [0.25, 0.3) is 20.7 Å². The van der Waals surface area contributed by atoms with Gasteiger partial charge in [0.05, 0.1) is 5.69 Å². The molecule has 1 aliphatic carbocycles. The average Bonchev–Trinajstić information content (AvgIpc) is 3.09. The van der Waals surface area contributed by atoms with Crippen molar-refractivity contribution in [1.29, 1.82) is 0 Å². The highest BCUT2D eigenvalue weighted by Crippen LogP contribution is 2.44. The number of anilines is 1. The number of aromatic carboxylic acids is 1. The minimum absolute atomic E-state index is 0.200. The van der Waals surface area contributed by atoms with Crippen molar-refractivity contribution in [3.8, 4) is 10.4 Å². The summed E-state index contributed by atoms with van der Waals surface area (Å²) in [7, 11) is 0. The van der Waals surface area contributed by atoms with Gasteiger partial charge in [0.25, 0.3) is 0 Å². The van der Waals surface area contributed by atoms with Crippen molar-refractivity contribution in [3.05, 3.63) is 33.6 Å². The first-order chi connectivity index (χ1) is 11.2. The smallest absolute Gasteiger partial charge is 0.348 e. The van der Waals surface area contributed by atoms with Crippen molar-refractivity contribution < 1.29 is 9.90 Å². The molecule has 0 saturated heterocycles. The van der Waals surface area contributed by atoms with E-state index in [0.29, 0.717) is 5.69 Å². The summed E-state index contributed by atoms with van der Waals surface area (Å²) in [5.41, 5.74) is 10.1. The van der Waals surface area contributed by atoms with E-state index in [4.69, 9.17) is 10.7 Å². The van der Waals surface area contributed by atoms with Gasteiger partial charge < -0.3 is 10.8 Å². The van der Waals surface area contributed by atoms with Gasteiger partial charge >= 0.3 is 5.97 Å². The van der Waals surface area contributed by atoms with Crippen LogP contribution in [0.2, 0.25) is 0 Å². The van der Waals surface area contributed by atoms with Gasteiger partial charge in [-0.3, -0.25) is 0 Å². The first-order valence-corrected chi connectivity index (χ1v) is 9.37. The largest absolute Gasteiger partial charge is 0.477 e. The fourth-order valence-corrected chi connectivity index (χ4v) is 5.10. The average molecular weight is 344 g/mol. The molecule has 1 aliphatic rings. The molecule has 0 spiro atoms. The number of aromatic nitrogens is 1. The summed E-state index contributed by atoms with van der Waals surface area (Å²) in [6.07, 6.45) is 5.45. The molecule has 3 heterocycles. The van der Waals surface area contributed by atoms with Gasteiger partial charge in [-0.05, 0) is 42.7 Å². The van der Waals surface area contributed by atoms with Crippen LogP contribution in [0.3, 0.4) is 0 Å². The molecular weight excluding hydrogens is 328 g/mol. The Hall–Kier alpha value is -1.92. The van der Waals surface area contributed by atoms with Crippen LogP contribution >= 0.6 is 22.7 Å². The Labute approximate surface area is 141 Å². The van der Waals surface area contributed by atoms with E-state index in [9.17, 15) is 9.90 Å². The number of carboxylic acid groups (broad SMARTS) is 1. The summed E-state index contributed by atoms with van der Waals surface area (Å²) < 4.78 is 0. The fraction of sp³-hybridized carbons (Fsp3) is 0.294. The molecule has 0 amide bonds. The van der Waals surface area contributed by atoms with Crippen molar-refractivity contribution in [1.82, 2.24) is 4.98 Å². The Morgan fingerprint density at radius 3 is 2.83 bits per heavy atom. The Morgan fingerprint density at radius 1 is 1.26 bits per heavy atom. The Kier molecular flexibility index (Phi) is 3.58. The third kappa shape index (κ3) is 2.33. The molecule has 0 atom stereocenters. The van der Waals surface area contributed by atoms with Gasteiger partial charge in [-0.2, -0.15) is 0 Å². The van der Waals surface area contributed by atoms with Crippen molar-refractivity contribution >= 4 is 44.5 Å². The molecule has 0 aromatic carbocycles. The van der Waals surface area contributed by atoms with Crippen LogP contribution in [-0.2, 0) is 12.8 Å². The van der Waals surface area contributed by atoms with Gasteiger partial charge in [-0.1, -0.05) is 12.5 Å². The van der Waals surface area contributed by atoms with Gasteiger partial charge in [-0.25, -0.2) is 9.78 Å². The lowest BCUT2D eigenvalue weighted by molar-refractivity contribution is 0.0703. The van der Waals surface area contributed by atoms with Crippen LogP contribution in [0, 0.1) is 0 Å². The molecule has 0 aliphatic heterocycles. The number of nitrogens with two attached hydrogens (primary N) is 1. The second kappa shape index (κ2) is 5.62. The molecule has 4 rings (SSSR count). The molecule has 3 aromatic heterocycles. The summed E-state index contributed by atoms with van der Waals surface area (Å²) >= 11 is 2.86. The maximum atomic E-state index is 11.5. The van der Waals surface area contributed by atoms with Crippen LogP contribution < -0.4 is 5.73 Å². The third-order valence-corrected chi connectivity index (χ3v) is 6.34. The monoisotopic (exact) mass is 344 g/mol. The zero-order chi connectivity index (χ0) is 16.0. The summed E-state index contributed by atoms with van der Waals surface area (Å²) in [4.78, 5) is 18.4. The SMILES string of the molecule is Nc1c(C(=O)O)sc2nc3c(c(-c4cccs4)c12)CCCCC3. The van der Waals surface area contributed by atoms with Crippen LogP contribution in [0.5, 0.6) is 0 Å². The van der Waals surface area contributed by atoms with Crippen LogP contribution in [-0.4, -0.2) is 16.1 Å². The molecule has 0 radical (unpaired) electrons. The Morgan fingerprint density at radius 2 is 2.09 bits per heavy atom. The fourth-order valence-electron chi connectivity index (χ4n) is 3.34. The zero-order valence-corrected chi connectivity index (χ0v) is 14.1. The molecule has 4 nitrogen and oxygen atoms in total. The van der Waals surface area contributed by atoms with E-state index >= 15 is 0 Å². The van der Waals surface area contributed by atoms with Crippen molar-refractivity contribution in [2.45, 2.75) is 32.1 Å². The summed E-state index contributed by atoms with van der Waals surface area (Å²) in [6.45, 7) is 0. The minimum atomic E-state index is -0.974. The molecule has 0 fully saturated rings. The lowest BCUT2D eigenvalue weighted by Gasteiger charge is -2.13. The topological polar surface area (TPSA) is 76.2 Å². The lowest BCUT2D eigenvalue weighted by Crippen LogP contribution is -2.01. The number of nitrogen functional groups attached to an aromatic ring is 1. The van der Waals surface area contributed by atoms with Gasteiger partial charge in [0.2, 0.25) is 0 Å². The standard InChI is InChI=1S/C17H16N2O2S2/c18-14-13-12(11-7-4-8-22-11)9-5-2-1-3-6-10(9)19-16(13)23-15(14)17(20)21/h4,7-8H,1-3,5-6,18H2,(H,20,21). The molecule has 6 heteroatoms. The van der Waals surface area contributed by atoms with Gasteiger partial charge in [0.1, 0.15) is 9.71 Å². The number of hydrogen-bond donors (Lipinski definition) is 2. The molecule has 3 aromatic rings. The first kappa shape index (κ1) is 14.7. The first-order valence-electron chi connectivity index (χ1n) is 7.67. The number of pyridine rings is 1. The molecule has 0 unspecified atom stereocenters. The van der Waals surface area contributed by atoms with Gasteiger partial charge in [0, 0.05) is 21.5 Å². The maximum absolute atomic E-state index is 11.5. The van der Waals surface area contributed by atoms with E-state index < -0.39 is 5.97 Å². The van der Waals surface area contributed by atoms with E-state index in [1.54, 1.807) is 11.3 Å². The highest BCUT2D eigenvalue weighted by atomic mass is 32.1. The maximum Gasteiger partial charge on any atom is 0.348 e. The number of hydrogen-bond acceptors (Lipinski definition) is 5. The van der Waals surface area contributed by atoms with E-state index in [-0.39, 0.29) is 4.88 Å². The molecule has 23 heavy (non-hydrogen) atoms. The van der Waals surface area contributed by atoms with Gasteiger partial charge in [-0.15, -0.1) is 22.7 Å². The number of carboxylic acids is 1. The molecule has 118 valence electrons. The van der Waals surface area contributed by atoms with E-state index in [2.05, 4.69) is 6.07 Å². The molecule has 0 bridgehead atoms. The highest BCUT2D eigenvalue weighted by molar-refractivity contribution is 7.21.